The van der Waals surface area contributed by atoms with Crippen LogP contribution in [0.15, 0.2) is 42.7 Å². The molecule has 1 amide bonds. The first-order valence-corrected chi connectivity index (χ1v) is 11.9. The Hall–Kier alpha value is -3.88. The van der Waals surface area contributed by atoms with Crippen LogP contribution < -0.4 is 0 Å². The van der Waals surface area contributed by atoms with E-state index in [1.165, 1.54) is 36.9 Å². The number of fused-ring (bicyclic) bond motifs is 3. The Morgan fingerprint density at radius 2 is 1.83 bits per heavy atom. The molecule has 2 aliphatic rings. The number of amides is 1. The molecule has 35 heavy (non-hydrogen) atoms. The molecule has 0 atom stereocenters. The summed E-state index contributed by atoms with van der Waals surface area (Å²) in [7, 11) is 0. The molecule has 9 heteroatoms. The zero-order valence-electron chi connectivity index (χ0n) is 19.7. The Labute approximate surface area is 203 Å². The number of rotatable bonds is 6. The van der Waals surface area contributed by atoms with Crippen LogP contribution in [0, 0.1) is 12.8 Å². The average molecular weight is 479 g/mol. The van der Waals surface area contributed by atoms with E-state index in [-0.39, 0.29) is 5.91 Å². The van der Waals surface area contributed by atoms with Crippen molar-refractivity contribution < 1.29 is 24.6 Å². The van der Waals surface area contributed by atoms with Crippen LogP contribution in [0.1, 0.15) is 53.1 Å². The zero-order valence-corrected chi connectivity index (χ0v) is 19.7. The number of aromatic amines is 1. The molecule has 1 aliphatic heterocycles. The number of hydrogen-bond donors (Lipinski definition) is 3. The van der Waals surface area contributed by atoms with E-state index < -0.39 is 11.9 Å². The normalized spacial score (nSPS) is 15.9. The standard InChI is InChI=1S/C22H26N4O.C4H4O4/c1-15-18(24-14-23-15)13-25-11-10-20-21(22(25)27)17-8-4-5-9-19(17)26(20)12-16-6-2-3-7-16;5-3(6)1-2-4(7)8/h4-5,8-9,14,16H,2-3,6-7,10-13H2,1H3,(H,23,24);1-2H,(H,5,6)(H,7,8)/b;2-1-. The van der Waals surface area contributed by atoms with Crippen LogP contribution in [0.5, 0.6) is 0 Å². The Kier molecular flexibility index (Phi) is 7.33. The van der Waals surface area contributed by atoms with Gasteiger partial charge in [-0.05, 0) is 31.7 Å². The molecule has 0 unspecified atom stereocenters. The molecule has 1 aliphatic carbocycles. The van der Waals surface area contributed by atoms with E-state index in [0.717, 1.165) is 47.8 Å². The summed E-state index contributed by atoms with van der Waals surface area (Å²) in [6.07, 6.45) is 9.08. The van der Waals surface area contributed by atoms with Crippen molar-refractivity contribution in [1.29, 1.82) is 0 Å². The molecule has 0 radical (unpaired) electrons. The highest BCUT2D eigenvalue weighted by Gasteiger charge is 2.32. The first kappa shape index (κ1) is 24.3. The molecule has 184 valence electrons. The second kappa shape index (κ2) is 10.6. The number of H-pyrrole nitrogens is 1. The second-order valence-corrected chi connectivity index (χ2v) is 9.06. The lowest BCUT2D eigenvalue weighted by atomic mass is 10.0. The minimum absolute atomic E-state index is 0.153. The summed E-state index contributed by atoms with van der Waals surface area (Å²) in [5.41, 5.74) is 5.38. The molecule has 3 N–H and O–H groups in total. The number of aryl methyl sites for hydroxylation is 1. The largest absolute Gasteiger partial charge is 0.478 e. The van der Waals surface area contributed by atoms with Crippen LogP contribution in [0.2, 0.25) is 0 Å². The number of carbonyl (C=O) groups is 3. The molecule has 0 spiro atoms. The highest BCUT2D eigenvalue weighted by atomic mass is 16.4. The van der Waals surface area contributed by atoms with Crippen LogP contribution in [0.4, 0.5) is 0 Å². The fourth-order valence-corrected chi connectivity index (χ4v) is 5.04. The molecule has 3 heterocycles. The van der Waals surface area contributed by atoms with Crippen molar-refractivity contribution in [2.45, 2.75) is 52.1 Å². The number of carboxylic acid groups (broad SMARTS) is 2. The lowest BCUT2D eigenvalue weighted by Crippen LogP contribution is -2.37. The summed E-state index contributed by atoms with van der Waals surface area (Å²) in [6.45, 7) is 4.41. The van der Waals surface area contributed by atoms with E-state index in [1.807, 2.05) is 17.9 Å². The number of nitrogens with one attached hydrogen (secondary N) is 1. The number of para-hydroxylation sites is 1. The van der Waals surface area contributed by atoms with Gasteiger partial charge in [-0.25, -0.2) is 14.6 Å². The third-order valence-electron chi connectivity index (χ3n) is 6.76. The Morgan fingerprint density at radius 1 is 1.14 bits per heavy atom. The van der Waals surface area contributed by atoms with Crippen molar-refractivity contribution >= 4 is 28.7 Å². The third kappa shape index (κ3) is 5.45. The predicted molar refractivity (Wildman–Crippen MR) is 130 cm³/mol. The Balaban J connectivity index is 0.000000314. The summed E-state index contributed by atoms with van der Waals surface area (Å²) >= 11 is 0. The number of carbonyl (C=O) groups excluding carboxylic acids is 1. The van der Waals surface area contributed by atoms with E-state index in [9.17, 15) is 14.4 Å². The fraction of sp³-hybridized carbons (Fsp3) is 0.385. The van der Waals surface area contributed by atoms with Gasteiger partial charge in [-0.3, -0.25) is 4.79 Å². The van der Waals surface area contributed by atoms with Gasteiger partial charge in [0.25, 0.3) is 5.91 Å². The maximum atomic E-state index is 13.4. The van der Waals surface area contributed by atoms with E-state index >= 15 is 0 Å². The quantitative estimate of drug-likeness (QED) is 0.463. The summed E-state index contributed by atoms with van der Waals surface area (Å²) in [4.78, 5) is 42.0. The molecule has 2 aromatic heterocycles. The minimum Gasteiger partial charge on any atom is -0.478 e. The second-order valence-electron chi connectivity index (χ2n) is 9.06. The molecule has 5 rings (SSSR count). The number of nitrogens with zero attached hydrogens (tertiary/aromatic N) is 3. The van der Waals surface area contributed by atoms with Crippen molar-refractivity contribution in [2.24, 2.45) is 5.92 Å². The summed E-state index contributed by atoms with van der Waals surface area (Å²) in [6, 6.07) is 8.43. The van der Waals surface area contributed by atoms with Crippen LogP contribution in [0.3, 0.4) is 0 Å². The molecular formula is C26H30N4O5. The number of benzene rings is 1. The molecular weight excluding hydrogens is 448 g/mol. The van der Waals surface area contributed by atoms with Gasteiger partial charge in [0.2, 0.25) is 0 Å². The molecule has 3 aromatic rings. The number of imidazole rings is 1. The van der Waals surface area contributed by atoms with Crippen molar-refractivity contribution in [3.8, 4) is 0 Å². The molecule has 0 bridgehead atoms. The molecule has 0 saturated heterocycles. The summed E-state index contributed by atoms with van der Waals surface area (Å²) in [5, 5.41) is 16.7. The van der Waals surface area contributed by atoms with Crippen molar-refractivity contribution in [1.82, 2.24) is 19.4 Å². The van der Waals surface area contributed by atoms with E-state index in [2.05, 4.69) is 32.7 Å². The SMILES string of the molecule is Cc1[nH]cnc1CN1CCc2c(c3ccccc3n2CC2CCCC2)C1=O.O=C(O)/C=C\C(=O)O. The third-order valence-corrected chi connectivity index (χ3v) is 6.76. The number of hydrogen-bond acceptors (Lipinski definition) is 4. The maximum Gasteiger partial charge on any atom is 0.328 e. The smallest absolute Gasteiger partial charge is 0.328 e. The molecule has 1 saturated carbocycles. The van der Waals surface area contributed by atoms with Gasteiger partial charge < -0.3 is 24.7 Å². The number of aromatic nitrogens is 3. The highest BCUT2D eigenvalue weighted by molar-refractivity contribution is 6.09. The monoisotopic (exact) mass is 478 g/mol. The first-order chi connectivity index (χ1) is 16.8. The lowest BCUT2D eigenvalue weighted by molar-refractivity contribution is -0.134. The highest BCUT2D eigenvalue weighted by Crippen LogP contribution is 2.34. The van der Waals surface area contributed by atoms with Gasteiger partial charge in [-0.15, -0.1) is 0 Å². The zero-order chi connectivity index (χ0) is 24.9. The number of aliphatic carboxylic acids is 2. The van der Waals surface area contributed by atoms with Gasteiger partial charge >= 0.3 is 11.9 Å². The van der Waals surface area contributed by atoms with Crippen LogP contribution in [-0.4, -0.2) is 54.0 Å². The van der Waals surface area contributed by atoms with Crippen molar-refractivity contribution in [3.63, 3.8) is 0 Å². The van der Waals surface area contributed by atoms with Gasteiger partial charge in [0, 0.05) is 54.0 Å². The van der Waals surface area contributed by atoms with Crippen LogP contribution in [-0.2, 0) is 29.1 Å². The minimum atomic E-state index is -1.26. The first-order valence-electron chi connectivity index (χ1n) is 11.9. The molecule has 9 nitrogen and oxygen atoms in total. The maximum absolute atomic E-state index is 13.4. The molecule has 1 aromatic carbocycles. The summed E-state index contributed by atoms with van der Waals surface area (Å²) < 4.78 is 2.45. The molecule has 1 fully saturated rings. The van der Waals surface area contributed by atoms with Crippen molar-refractivity contribution in [2.75, 3.05) is 6.54 Å². The summed E-state index contributed by atoms with van der Waals surface area (Å²) in [5.74, 6) is -1.61. The van der Waals surface area contributed by atoms with Gasteiger partial charge in [0.15, 0.2) is 0 Å². The predicted octanol–water partition coefficient (Wildman–Crippen LogP) is 3.77. The lowest BCUT2D eigenvalue weighted by Gasteiger charge is -2.28. The topological polar surface area (TPSA) is 129 Å². The number of carboxylic acids is 2. The van der Waals surface area contributed by atoms with Crippen molar-refractivity contribution in [3.05, 3.63) is 65.4 Å². The van der Waals surface area contributed by atoms with E-state index in [4.69, 9.17) is 10.2 Å². The van der Waals surface area contributed by atoms with Gasteiger partial charge in [-0.1, -0.05) is 31.0 Å². The van der Waals surface area contributed by atoms with Crippen LogP contribution in [0.25, 0.3) is 10.9 Å². The fourth-order valence-electron chi connectivity index (χ4n) is 5.04. The van der Waals surface area contributed by atoms with Crippen LogP contribution >= 0.6 is 0 Å². The van der Waals surface area contributed by atoms with E-state index in [0.29, 0.717) is 18.7 Å². The van der Waals surface area contributed by atoms with Gasteiger partial charge in [0.1, 0.15) is 0 Å². The Morgan fingerprint density at radius 3 is 2.46 bits per heavy atom. The van der Waals surface area contributed by atoms with Gasteiger partial charge in [-0.2, -0.15) is 0 Å². The average Bonchev–Trinajstić information content (AvgIpc) is 3.56. The van der Waals surface area contributed by atoms with E-state index in [1.54, 1.807) is 6.33 Å². The Bertz CT molecular complexity index is 1250. The van der Waals surface area contributed by atoms with Gasteiger partial charge in [0.05, 0.1) is 24.1 Å².